The Bertz CT molecular complexity index is 367. The fourth-order valence-corrected chi connectivity index (χ4v) is 5.10. The lowest BCUT2D eigenvalue weighted by atomic mass is 10.2. The molecule has 0 aromatic heterocycles. The molecule has 1 N–H and O–H groups in total. The summed E-state index contributed by atoms with van der Waals surface area (Å²) in [5.74, 6) is 0. The lowest BCUT2D eigenvalue weighted by Crippen LogP contribution is -2.06. The molecule has 0 aromatic carbocycles. The van der Waals surface area contributed by atoms with Gasteiger partial charge >= 0.3 is 0 Å². The van der Waals surface area contributed by atoms with E-state index in [1.54, 1.807) is 0 Å². The van der Waals surface area contributed by atoms with Crippen molar-refractivity contribution in [2.45, 2.75) is 128 Å². The zero-order chi connectivity index (χ0) is 34.1. The normalized spacial score (nSPS) is 24.8. The van der Waals surface area contributed by atoms with Crippen LogP contribution < -0.4 is 0 Å². The number of rotatable bonds is 2. The van der Waals surface area contributed by atoms with E-state index >= 15 is 0 Å². The van der Waals surface area contributed by atoms with Crippen molar-refractivity contribution < 1.29 is 47.7 Å². The Morgan fingerprint density at radius 3 is 0.604 bits per heavy atom. The molecule has 0 saturated carbocycles. The molecule has 0 amide bonds. The van der Waals surface area contributed by atoms with Crippen molar-refractivity contribution in [3.8, 4) is 0 Å². The van der Waals surface area contributed by atoms with E-state index in [2.05, 4.69) is 0 Å². The van der Waals surface area contributed by atoms with Crippen LogP contribution in [0.5, 0.6) is 0 Å². The third-order valence-electron chi connectivity index (χ3n) is 8.09. The summed E-state index contributed by atoms with van der Waals surface area (Å²) in [6.45, 7) is 17.2. The SMILES string of the molecule is C1CCOC1.C1CCOC1.C1CCOC1.C1CCOC1.C1CCOC1.C1CCOC1.C1CCOC1.C1CCOC1.OCCC1CCCO1. The van der Waals surface area contributed by atoms with Gasteiger partial charge in [-0.25, -0.2) is 0 Å². The van der Waals surface area contributed by atoms with Gasteiger partial charge in [-0.1, -0.05) is 0 Å². The largest absolute Gasteiger partial charge is 0.396 e. The molecular weight excluding hydrogens is 616 g/mol. The predicted molar refractivity (Wildman–Crippen MR) is 191 cm³/mol. The minimum atomic E-state index is 0.269. The molecule has 9 aliphatic heterocycles. The van der Waals surface area contributed by atoms with Gasteiger partial charge in [-0.2, -0.15) is 0 Å². The molecule has 9 heterocycles. The van der Waals surface area contributed by atoms with Crippen LogP contribution >= 0.6 is 0 Å². The van der Waals surface area contributed by atoms with E-state index in [0.29, 0.717) is 6.10 Å². The maximum atomic E-state index is 8.45. The highest BCUT2D eigenvalue weighted by molar-refractivity contribution is 4.63. The molecule has 0 aromatic rings. The van der Waals surface area contributed by atoms with Gasteiger partial charge in [-0.05, 0) is 122 Å². The fourth-order valence-electron chi connectivity index (χ4n) is 5.10. The van der Waals surface area contributed by atoms with Crippen LogP contribution in [0, 0.1) is 0 Å². The first kappa shape index (κ1) is 45.6. The smallest absolute Gasteiger partial charge is 0.0597 e. The Morgan fingerprint density at radius 2 is 0.500 bits per heavy atom. The fraction of sp³-hybridized carbons (Fsp3) is 1.00. The zero-order valence-electron chi connectivity index (χ0n) is 30.9. The molecular formula is C38H76O10. The summed E-state index contributed by atoms with van der Waals surface area (Å²) in [6.07, 6.45) is 23.9. The minimum Gasteiger partial charge on any atom is -0.396 e. The molecule has 9 saturated heterocycles. The van der Waals surface area contributed by atoms with Gasteiger partial charge in [0.2, 0.25) is 0 Å². The third kappa shape index (κ3) is 36.9. The van der Waals surface area contributed by atoms with Crippen LogP contribution in [-0.4, -0.2) is 130 Å². The zero-order valence-corrected chi connectivity index (χ0v) is 30.9. The maximum absolute atomic E-state index is 8.45. The van der Waals surface area contributed by atoms with Gasteiger partial charge in [-0.15, -0.1) is 0 Å². The van der Waals surface area contributed by atoms with Gasteiger partial charge in [0, 0.05) is 119 Å². The molecule has 10 heteroatoms. The highest BCUT2D eigenvalue weighted by atomic mass is 16.5. The van der Waals surface area contributed by atoms with Crippen molar-refractivity contribution in [3.05, 3.63) is 0 Å². The minimum absolute atomic E-state index is 0.269. The average molecular weight is 693 g/mol. The van der Waals surface area contributed by atoms with Crippen LogP contribution in [0.3, 0.4) is 0 Å². The summed E-state index contributed by atoms with van der Waals surface area (Å²) < 4.78 is 44.8. The first-order valence-corrected chi connectivity index (χ1v) is 19.8. The lowest BCUT2D eigenvalue weighted by Gasteiger charge is -2.03. The van der Waals surface area contributed by atoms with E-state index in [4.69, 9.17) is 47.7 Å². The second-order valence-electron chi connectivity index (χ2n) is 12.7. The Labute approximate surface area is 294 Å². The average Bonchev–Trinajstić information content (AvgIpc) is 4.01. The standard InChI is InChI=1S/C6H12O2.8C4H8O/c7-4-3-6-2-1-5-8-6;8*1-2-4-5-3-1/h6-7H,1-5H2;8*1-4H2. The molecule has 9 rings (SSSR count). The van der Waals surface area contributed by atoms with Gasteiger partial charge in [-0.3, -0.25) is 0 Å². The monoisotopic (exact) mass is 693 g/mol. The van der Waals surface area contributed by atoms with E-state index in [-0.39, 0.29) is 6.61 Å². The van der Waals surface area contributed by atoms with Crippen molar-refractivity contribution in [3.63, 3.8) is 0 Å². The number of hydrogen-bond acceptors (Lipinski definition) is 10. The summed E-state index contributed by atoms with van der Waals surface area (Å²) in [5.41, 5.74) is 0. The second-order valence-corrected chi connectivity index (χ2v) is 12.7. The molecule has 0 radical (unpaired) electrons. The molecule has 10 nitrogen and oxygen atoms in total. The first-order chi connectivity index (χ1) is 23.9. The van der Waals surface area contributed by atoms with E-state index in [9.17, 15) is 0 Å². The molecule has 0 bridgehead atoms. The van der Waals surface area contributed by atoms with Crippen molar-refractivity contribution in [2.75, 3.05) is 119 Å². The maximum Gasteiger partial charge on any atom is 0.0597 e. The number of aliphatic hydroxyl groups is 1. The van der Waals surface area contributed by atoms with Gasteiger partial charge in [0.15, 0.2) is 0 Å². The van der Waals surface area contributed by atoms with Crippen LogP contribution in [0.25, 0.3) is 0 Å². The lowest BCUT2D eigenvalue weighted by molar-refractivity contribution is 0.0868. The quantitative estimate of drug-likeness (QED) is 0.328. The molecule has 0 spiro atoms. The van der Waals surface area contributed by atoms with E-state index in [1.807, 2.05) is 0 Å². The summed E-state index contributed by atoms with van der Waals surface area (Å²) in [7, 11) is 0. The summed E-state index contributed by atoms with van der Waals surface area (Å²) >= 11 is 0. The highest BCUT2D eigenvalue weighted by Gasteiger charge is 2.13. The number of hydrogen-bond donors (Lipinski definition) is 1. The Kier molecular flexibility index (Phi) is 39.0. The Morgan fingerprint density at radius 1 is 0.292 bits per heavy atom. The molecule has 288 valence electrons. The molecule has 1 unspecified atom stereocenters. The summed E-state index contributed by atoms with van der Waals surface area (Å²) in [5, 5.41) is 8.45. The van der Waals surface area contributed by atoms with Crippen LogP contribution in [0.15, 0.2) is 0 Å². The van der Waals surface area contributed by atoms with Crippen LogP contribution in [0.2, 0.25) is 0 Å². The van der Waals surface area contributed by atoms with Crippen LogP contribution in [0.1, 0.15) is 122 Å². The number of aliphatic hydroxyl groups excluding tert-OH is 1. The predicted octanol–water partition coefficient (Wildman–Crippen LogP) is 6.92. The van der Waals surface area contributed by atoms with Gasteiger partial charge < -0.3 is 47.7 Å². The molecule has 48 heavy (non-hydrogen) atoms. The van der Waals surface area contributed by atoms with E-state index in [0.717, 1.165) is 125 Å². The number of ether oxygens (including phenoxy) is 9. The van der Waals surface area contributed by atoms with E-state index in [1.165, 1.54) is 109 Å². The molecule has 9 fully saturated rings. The van der Waals surface area contributed by atoms with Gasteiger partial charge in [0.25, 0.3) is 0 Å². The Balaban J connectivity index is 0.000000271. The summed E-state index contributed by atoms with van der Waals surface area (Å²) in [6, 6.07) is 0. The van der Waals surface area contributed by atoms with Crippen molar-refractivity contribution in [1.82, 2.24) is 0 Å². The third-order valence-corrected chi connectivity index (χ3v) is 8.09. The molecule has 9 aliphatic rings. The van der Waals surface area contributed by atoms with Gasteiger partial charge in [0.05, 0.1) is 6.10 Å². The first-order valence-electron chi connectivity index (χ1n) is 19.8. The topological polar surface area (TPSA) is 103 Å². The van der Waals surface area contributed by atoms with Gasteiger partial charge in [0.1, 0.15) is 0 Å². The Hall–Kier alpha value is -0.400. The second kappa shape index (κ2) is 41.0. The molecule has 1 atom stereocenters. The summed E-state index contributed by atoms with van der Waals surface area (Å²) in [4.78, 5) is 0. The van der Waals surface area contributed by atoms with Crippen molar-refractivity contribution >= 4 is 0 Å². The van der Waals surface area contributed by atoms with Crippen LogP contribution in [0.4, 0.5) is 0 Å². The van der Waals surface area contributed by atoms with Crippen molar-refractivity contribution in [2.24, 2.45) is 0 Å². The van der Waals surface area contributed by atoms with Crippen molar-refractivity contribution in [1.29, 1.82) is 0 Å². The molecule has 0 aliphatic carbocycles. The highest BCUT2D eigenvalue weighted by Crippen LogP contribution is 2.14. The van der Waals surface area contributed by atoms with Crippen LogP contribution in [-0.2, 0) is 42.6 Å². The van der Waals surface area contributed by atoms with E-state index < -0.39 is 0 Å².